The second kappa shape index (κ2) is 66.5. The first-order valence-electron chi connectivity index (χ1n) is 32.5. The Bertz CT molecular complexity index is 1790. The summed E-state index contributed by atoms with van der Waals surface area (Å²) in [4.78, 5) is 38.2. The van der Waals surface area contributed by atoms with Gasteiger partial charge in [-0.3, -0.25) is 14.4 Å². The van der Waals surface area contributed by atoms with Crippen LogP contribution >= 0.6 is 0 Å². The fourth-order valence-corrected chi connectivity index (χ4v) is 8.45. The number of rotatable bonds is 57. The summed E-state index contributed by atoms with van der Waals surface area (Å²) in [6, 6.07) is 0. The molecule has 0 aromatic rings. The number of hydrogen-bond donors (Lipinski definition) is 0. The number of carbonyl (C=O) groups is 3. The lowest BCUT2D eigenvalue weighted by Gasteiger charge is -2.18. The highest BCUT2D eigenvalue weighted by molar-refractivity contribution is 5.71. The molecule has 0 aliphatic carbocycles. The van der Waals surface area contributed by atoms with E-state index in [2.05, 4.69) is 179 Å². The van der Waals surface area contributed by atoms with Crippen molar-refractivity contribution in [1.29, 1.82) is 0 Å². The normalized spacial score (nSPS) is 13.2. The molecule has 0 radical (unpaired) electrons. The SMILES string of the molecule is CC/C=C\C/C=C\C/C=C\C/C=C\C/C=C\C/C=C\C/C=C\C/C=C\CCCCCCCCC(=O)OCC(COC(=O)CCCCCCC/C=C\CCC)OC(=O)CCCCCCCCCC/C=C\C/C=C\C/C=C\C/C=C\CC. The maximum Gasteiger partial charge on any atom is 0.306 e. The van der Waals surface area contributed by atoms with Crippen molar-refractivity contribution in [3.05, 3.63) is 158 Å². The van der Waals surface area contributed by atoms with Crippen LogP contribution in [0.15, 0.2) is 158 Å². The maximum absolute atomic E-state index is 12.9. The fraction of sp³-hybridized carbons (Fsp3) is 0.608. The molecule has 450 valence electrons. The number of allylic oxidation sites excluding steroid dienone is 26. The highest BCUT2D eigenvalue weighted by Gasteiger charge is 2.19. The van der Waals surface area contributed by atoms with E-state index >= 15 is 0 Å². The first-order valence-corrected chi connectivity index (χ1v) is 32.5. The van der Waals surface area contributed by atoms with Gasteiger partial charge in [-0.05, 0) is 141 Å². The predicted molar refractivity (Wildman–Crippen MR) is 348 cm³/mol. The summed E-state index contributed by atoms with van der Waals surface area (Å²) in [5.41, 5.74) is 0. The fourth-order valence-electron chi connectivity index (χ4n) is 8.45. The van der Waals surface area contributed by atoms with Crippen LogP contribution in [0.1, 0.15) is 271 Å². The van der Waals surface area contributed by atoms with E-state index in [0.717, 1.165) is 173 Å². The van der Waals surface area contributed by atoms with E-state index in [1.165, 1.54) is 57.8 Å². The van der Waals surface area contributed by atoms with Gasteiger partial charge in [0.15, 0.2) is 6.10 Å². The lowest BCUT2D eigenvalue weighted by Crippen LogP contribution is -2.30. The molecule has 0 aromatic heterocycles. The standard InChI is InChI=1S/C74H118O6/c1-4-7-10-13-16-19-22-24-26-28-30-32-33-34-35-36-37-38-39-40-41-43-44-46-48-50-52-55-58-61-64-67-73(76)79-70-71(69-78-72(75)66-63-60-57-54-21-18-15-12-9-6-3)80-74(77)68-65-62-59-56-53-51-49-47-45-42-31-29-27-25-23-20-17-14-11-8-5-2/h7-8,10-12,15-17,19-20,24-27,30-32,34-35,37-38,40-42,44,46,71H,4-6,9,13-14,18,21-23,28-29,33,36,39,43,45,47-70H2,1-3H3/b10-7-,11-8-,15-12-,19-16-,20-17-,26-24-,27-25-,32-30-,35-34-,38-37-,41-40-,42-31-,46-44-. The summed E-state index contributed by atoms with van der Waals surface area (Å²) < 4.78 is 16.9. The summed E-state index contributed by atoms with van der Waals surface area (Å²) in [6.07, 6.45) is 96.8. The van der Waals surface area contributed by atoms with Crippen molar-refractivity contribution in [3.63, 3.8) is 0 Å². The zero-order chi connectivity index (χ0) is 57.8. The summed E-state index contributed by atoms with van der Waals surface area (Å²) in [6.45, 7) is 6.32. The van der Waals surface area contributed by atoms with Crippen molar-refractivity contribution in [1.82, 2.24) is 0 Å². The Morgan fingerprint density at radius 3 is 0.775 bits per heavy atom. The van der Waals surface area contributed by atoms with Crippen LogP contribution in [0.4, 0.5) is 0 Å². The molecule has 0 aromatic carbocycles. The molecule has 0 aliphatic rings. The third-order valence-electron chi connectivity index (χ3n) is 13.2. The molecule has 1 unspecified atom stereocenters. The molecule has 6 heteroatoms. The van der Waals surface area contributed by atoms with Crippen molar-refractivity contribution in [2.45, 2.75) is 277 Å². The molecule has 80 heavy (non-hydrogen) atoms. The minimum atomic E-state index is -0.800. The van der Waals surface area contributed by atoms with Gasteiger partial charge in [0.2, 0.25) is 0 Å². The van der Waals surface area contributed by atoms with E-state index in [1.54, 1.807) is 0 Å². The Morgan fingerprint density at radius 2 is 0.487 bits per heavy atom. The number of unbranched alkanes of at least 4 members (excludes halogenated alkanes) is 20. The highest BCUT2D eigenvalue weighted by Crippen LogP contribution is 2.15. The Morgan fingerprint density at radius 1 is 0.263 bits per heavy atom. The molecule has 0 heterocycles. The van der Waals surface area contributed by atoms with Crippen LogP contribution in [-0.4, -0.2) is 37.2 Å². The Kier molecular flexibility index (Phi) is 62.4. The predicted octanol–water partition coefficient (Wildman–Crippen LogP) is 22.5. The quantitative estimate of drug-likeness (QED) is 0.0261. The molecule has 0 bridgehead atoms. The van der Waals surface area contributed by atoms with E-state index < -0.39 is 6.10 Å². The zero-order valence-corrected chi connectivity index (χ0v) is 51.5. The molecule has 0 saturated heterocycles. The van der Waals surface area contributed by atoms with Crippen LogP contribution in [-0.2, 0) is 28.6 Å². The van der Waals surface area contributed by atoms with Crippen molar-refractivity contribution >= 4 is 17.9 Å². The van der Waals surface area contributed by atoms with Crippen LogP contribution in [0.25, 0.3) is 0 Å². The van der Waals surface area contributed by atoms with Gasteiger partial charge in [0, 0.05) is 19.3 Å². The summed E-state index contributed by atoms with van der Waals surface area (Å²) >= 11 is 0. The van der Waals surface area contributed by atoms with E-state index in [4.69, 9.17) is 14.2 Å². The van der Waals surface area contributed by atoms with E-state index in [1.807, 2.05) is 0 Å². The van der Waals surface area contributed by atoms with Gasteiger partial charge in [-0.15, -0.1) is 0 Å². The van der Waals surface area contributed by atoms with Crippen LogP contribution < -0.4 is 0 Å². The molecule has 0 aliphatic heterocycles. The van der Waals surface area contributed by atoms with Crippen molar-refractivity contribution in [2.75, 3.05) is 13.2 Å². The third kappa shape index (κ3) is 63.9. The number of esters is 3. The Labute approximate surface area is 492 Å². The molecule has 6 nitrogen and oxygen atoms in total. The smallest absolute Gasteiger partial charge is 0.306 e. The summed E-state index contributed by atoms with van der Waals surface area (Å²) in [7, 11) is 0. The van der Waals surface area contributed by atoms with Crippen LogP contribution in [0.5, 0.6) is 0 Å². The number of carbonyl (C=O) groups excluding carboxylic acids is 3. The lowest BCUT2D eigenvalue weighted by atomic mass is 10.1. The van der Waals surface area contributed by atoms with Gasteiger partial charge in [0.05, 0.1) is 0 Å². The summed E-state index contributed by atoms with van der Waals surface area (Å²) in [5, 5.41) is 0. The third-order valence-corrected chi connectivity index (χ3v) is 13.2. The molecule has 0 amide bonds. The van der Waals surface area contributed by atoms with E-state index in [-0.39, 0.29) is 31.1 Å². The largest absolute Gasteiger partial charge is 0.462 e. The molecular weight excluding hydrogens is 985 g/mol. The van der Waals surface area contributed by atoms with Crippen LogP contribution in [0, 0.1) is 0 Å². The molecule has 0 spiro atoms. The summed E-state index contributed by atoms with van der Waals surface area (Å²) in [5.74, 6) is -0.932. The molecule has 0 rings (SSSR count). The van der Waals surface area contributed by atoms with Gasteiger partial charge in [0.25, 0.3) is 0 Å². The molecular formula is C74H118O6. The second-order valence-corrected chi connectivity index (χ2v) is 20.9. The average molecular weight is 1100 g/mol. The maximum atomic E-state index is 12.9. The van der Waals surface area contributed by atoms with Crippen LogP contribution in [0.2, 0.25) is 0 Å². The van der Waals surface area contributed by atoms with E-state index in [0.29, 0.717) is 19.3 Å². The molecule has 0 fully saturated rings. The minimum absolute atomic E-state index is 0.0960. The first-order chi connectivity index (χ1) is 39.5. The van der Waals surface area contributed by atoms with Crippen LogP contribution in [0.3, 0.4) is 0 Å². The Balaban J connectivity index is 4.32. The van der Waals surface area contributed by atoms with Gasteiger partial charge >= 0.3 is 17.9 Å². The van der Waals surface area contributed by atoms with Crippen molar-refractivity contribution in [3.8, 4) is 0 Å². The second-order valence-electron chi connectivity index (χ2n) is 20.9. The van der Waals surface area contributed by atoms with Crippen molar-refractivity contribution in [2.24, 2.45) is 0 Å². The average Bonchev–Trinajstić information content (AvgIpc) is 3.46. The van der Waals surface area contributed by atoms with Gasteiger partial charge in [-0.25, -0.2) is 0 Å². The van der Waals surface area contributed by atoms with E-state index in [9.17, 15) is 14.4 Å². The zero-order valence-electron chi connectivity index (χ0n) is 51.5. The lowest BCUT2D eigenvalue weighted by molar-refractivity contribution is -0.167. The minimum Gasteiger partial charge on any atom is -0.462 e. The topological polar surface area (TPSA) is 78.9 Å². The van der Waals surface area contributed by atoms with Gasteiger partial charge in [-0.1, -0.05) is 269 Å². The highest BCUT2D eigenvalue weighted by atomic mass is 16.6. The number of ether oxygens (including phenoxy) is 3. The molecule has 0 N–H and O–H groups in total. The van der Waals surface area contributed by atoms with Gasteiger partial charge in [0.1, 0.15) is 13.2 Å². The van der Waals surface area contributed by atoms with Gasteiger partial charge < -0.3 is 14.2 Å². The van der Waals surface area contributed by atoms with Gasteiger partial charge in [-0.2, -0.15) is 0 Å². The molecule has 0 saturated carbocycles. The molecule has 1 atom stereocenters. The Hall–Kier alpha value is -4.97. The number of hydrogen-bond acceptors (Lipinski definition) is 6. The monoisotopic (exact) mass is 1100 g/mol. The first kappa shape index (κ1) is 75.0. The van der Waals surface area contributed by atoms with Crippen molar-refractivity contribution < 1.29 is 28.6 Å².